The molecule has 3 aromatic carbocycles. The van der Waals surface area contributed by atoms with E-state index in [0.29, 0.717) is 5.82 Å². The first-order valence-corrected chi connectivity index (χ1v) is 10.7. The van der Waals surface area contributed by atoms with Gasteiger partial charge in [-0.1, -0.05) is 69.3 Å². The Kier molecular flexibility index (Phi) is 4.94. The van der Waals surface area contributed by atoms with Crippen molar-refractivity contribution in [2.24, 2.45) is 0 Å². The van der Waals surface area contributed by atoms with Gasteiger partial charge in [0, 0.05) is 16.8 Å². The van der Waals surface area contributed by atoms with Crippen LogP contribution in [0, 0.1) is 0 Å². The lowest BCUT2D eigenvalue weighted by Gasteiger charge is -2.18. The fourth-order valence-electron chi connectivity index (χ4n) is 3.67. The number of benzene rings is 3. The predicted octanol–water partition coefficient (Wildman–Crippen LogP) is 6.73. The predicted molar refractivity (Wildman–Crippen MR) is 131 cm³/mol. The molecule has 0 atom stereocenters. The highest BCUT2D eigenvalue weighted by Gasteiger charge is 2.15. The van der Waals surface area contributed by atoms with Gasteiger partial charge in [-0.25, -0.2) is 4.98 Å². The van der Waals surface area contributed by atoms with Gasteiger partial charge in [0.25, 0.3) is 0 Å². The third-order valence-electron chi connectivity index (χ3n) is 5.49. The molecule has 0 aliphatic carbocycles. The van der Waals surface area contributed by atoms with Crippen LogP contribution in [0.4, 0.5) is 11.5 Å². The number of aromatic nitrogens is 4. The van der Waals surface area contributed by atoms with Crippen molar-refractivity contribution in [1.82, 2.24) is 20.2 Å². The molecule has 0 fully saturated rings. The second-order valence-electron chi connectivity index (χ2n) is 8.94. The Balaban J connectivity index is 1.39. The van der Waals surface area contributed by atoms with Crippen molar-refractivity contribution in [1.29, 1.82) is 0 Å². The summed E-state index contributed by atoms with van der Waals surface area (Å²) in [5.74, 6) is 1.54. The molecule has 0 aliphatic heterocycles. The first-order chi connectivity index (χ1) is 15.5. The minimum atomic E-state index is 0.0976. The Hall–Kier alpha value is -3.99. The molecule has 2 N–H and O–H groups in total. The molecule has 5 rings (SSSR count). The molecule has 0 spiro atoms. The summed E-state index contributed by atoms with van der Waals surface area (Å²) in [4.78, 5) is 8.26. The zero-order valence-corrected chi connectivity index (χ0v) is 18.4. The fourth-order valence-corrected chi connectivity index (χ4v) is 3.67. The molecular weight excluding hydrogens is 394 g/mol. The van der Waals surface area contributed by atoms with Crippen LogP contribution in [-0.4, -0.2) is 20.2 Å². The highest BCUT2D eigenvalue weighted by molar-refractivity contribution is 5.81. The summed E-state index contributed by atoms with van der Waals surface area (Å²) in [5, 5.41) is 12.0. The summed E-state index contributed by atoms with van der Waals surface area (Å²) in [6, 6.07) is 28.5. The minimum Gasteiger partial charge on any atom is -0.339 e. The van der Waals surface area contributed by atoms with E-state index in [9.17, 15) is 0 Å². The zero-order valence-electron chi connectivity index (χ0n) is 18.4. The number of fused-ring (bicyclic) bond motifs is 1. The molecule has 5 aromatic rings. The number of H-pyrrole nitrogens is 1. The minimum absolute atomic E-state index is 0.0976. The summed E-state index contributed by atoms with van der Waals surface area (Å²) in [5.41, 5.74) is 7.24. The first kappa shape index (κ1) is 19.9. The molecule has 158 valence electrons. The van der Waals surface area contributed by atoms with Crippen LogP contribution in [0.3, 0.4) is 0 Å². The Labute approximate surface area is 187 Å². The van der Waals surface area contributed by atoms with Crippen LogP contribution >= 0.6 is 0 Å². The summed E-state index contributed by atoms with van der Waals surface area (Å²) in [7, 11) is 0. The summed E-state index contributed by atoms with van der Waals surface area (Å²) < 4.78 is 0. The Bertz CT molecular complexity index is 1360. The van der Waals surface area contributed by atoms with Gasteiger partial charge in [0.05, 0.1) is 16.7 Å². The number of anilines is 2. The second kappa shape index (κ2) is 7.93. The van der Waals surface area contributed by atoms with Crippen LogP contribution in [0.2, 0.25) is 0 Å². The SMILES string of the molecule is CC(C)(C)c1ccc2nc(-c3cccc(Nc4ccc(-c5ccccc5)nn4)c3)[nH]c2c1. The van der Waals surface area contributed by atoms with Gasteiger partial charge >= 0.3 is 0 Å². The van der Waals surface area contributed by atoms with Crippen LogP contribution < -0.4 is 5.32 Å². The van der Waals surface area contributed by atoms with Crippen LogP contribution in [0.15, 0.2) is 84.9 Å². The van der Waals surface area contributed by atoms with Crippen molar-refractivity contribution in [3.8, 4) is 22.6 Å². The van der Waals surface area contributed by atoms with Gasteiger partial charge < -0.3 is 10.3 Å². The van der Waals surface area contributed by atoms with Crippen molar-refractivity contribution in [2.45, 2.75) is 26.2 Å². The van der Waals surface area contributed by atoms with Crippen LogP contribution in [0.25, 0.3) is 33.7 Å². The number of nitrogens with one attached hydrogen (secondary N) is 2. The lowest BCUT2D eigenvalue weighted by Crippen LogP contribution is -2.10. The number of hydrogen-bond donors (Lipinski definition) is 2. The van der Waals surface area contributed by atoms with E-state index in [1.54, 1.807) is 0 Å². The molecule has 0 saturated heterocycles. The Morgan fingerprint density at radius 3 is 2.31 bits per heavy atom. The standard InChI is InChI=1S/C27H25N5/c1-27(2,3)20-12-13-23-24(17-20)30-26(29-23)19-10-7-11-21(16-19)28-25-15-14-22(31-32-25)18-8-5-4-6-9-18/h4-17H,1-3H3,(H,28,32)(H,29,30). The molecule has 2 aromatic heterocycles. The van der Waals surface area contributed by atoms with Crippen LogP contribution in [0.5, 0.6) is 0 Å². The summed E-state index contributed by atoms with van der Waals surface area (Å²) in [6.07, 6.45) is 0. The van der Waals surface area contributed by atoms with Crippen molar-refractivity contribution in [3.05, 3.63) is 90.5 Å². The van der Waals surface area contributed by atoms with Crippen molar-refractivity contribution >= 4 is 22.5 Å². The molecule has 0 radical (unpaired) electrons. The summed E-state index contributed by atoms with van der Waals surface area (Å²) in [6.45, 7) is 6.65. The molecule has 0 aliphatic rings. The third kappa shape index (κ3) is 4.10. The van der Waals surface area contributed by atoms with E-state index in [1.807, 2.05) is 54.6 Å². The first-order valence-electron chi connectivity index (χ1n) is 10.7. The normalized spacial score (nSPS) is 11.6. The zero-order chi connectivity index (χ0) is 22.1. The smallest absolute Gasteiger partial charge is 0.153 e. The van der Waals surface area contributed by atoms with E-state index in [2.05, 4.69) is 71.6 Å². The van der Waals surface area contributed by atoms with Gasteiger partial charge in [-0.15, -0.1) is 10.2 Å². The fraction of sp³-hybridized carbons (Fsp3) is 0.148. The maximum atomic E-state index is 4.79. The molecule has 5 heteroatoms. The monoisotopic (exact) mass is 419 g/mol. The second-order valence-corrected chi connectivity index (χ2v) is 8.94. The van der Waals surface area contributed by atoms with Gasteiger partial charge in [-0.05, 0) is 47.4 Å². The molecular formula is C27H25N5. The highest BCUT2D eigenvalue weighted by Crippen LogP contribution is 2.28. The van der Waals surface area contributed by atoms with Crippen LogP contribution in [0.1, 0.15) is 26.3 Å². The average Bonchev–Trinajstić information content (AvgIpc) is 3.23. The largest absolute Gasteiger partial charge is 0.339 e. The molecule has 0 amide bonds. The number of nitrogens with zero attached hydrogens (tertiary/aromatic N) is 3. The average molecular weight is 420 g/mol. The van der Waals surface area contributed by atoms with Crippen molar-refractivity contribution in [3.63, 3.8) is 0 Å². The van der Waals surface area contributed by atoms with E-state index in [-0.39, 0.29) is 5.41 Å². The maximum absolute atomic E-state index is 4.79. The molecule has 2 heterocycles. The van der Waals surface area contributed by atoms with Crippen LogP contribution in [-0.2, 0) is 5.41 Å². The maximum Gasteiger partial charge on any atom is 0.153 e. The molecule has 32 heavy (non-hydrogen) atoms. The number of rotatable bonds is 4. The van der Waals surface area contributed by atoms with E-state index in [1.165, 1.54) is 5.56 Å². The van der Waals surface area contributed by atoms with Gasteiger partial charge in [-0.2, -0.15) is 0 Å². The van der Waals surface area contributed by atoms with E-state index < -0.39 is 0 Å². The molecule has 0 saturated carbocycles. The van der Waals surface area contributed by atoms with Gasteiger partial charge in [-0.3, -0.25) is 0 Å². The highest BCUT2D eigenvalue weighted by atomic mass is 15.2. The third-order valence-corrected chi connectivity index (χ3v) is 5.49. The van der Waals surface area contributed by atoms with Crippen molar-refractivity contribution < 1.29 is 0 Å². The summed E-state index contributed by atoms with van der Waals surface area (Å²) >= 11 is 0. The van der Waals surface area contributed by atoms with Gasteiger partial charge in [0.1, 0.15) is 5.82 Å². The lowest BCUT2D eigenvalue weighted by atomic mass is 9.87. The molecule has 0 unspecified atom stereocenters. The van der Waals surface area contributed by atoms with E-state index >= 15 is 0 Å². The topological polar surface area (TPSA) is 66.5 Å². The van der Waals surface area contributed by atoms with E-state index in [0.717, 1.165) is 39.4 Å². The number of hydrogen-bond acceptors (Lipinski definition) is 4. The quantitative estimate of drug-likeness (QED) is 0.339. The Morgan fingerprint density at radius 2 is 1.56 bits per heavy atom. The van der Waals surface area contributed by atoms with Gasteiger partial charge in [0.2, 0.25) is 0 Å². The number of aromatic amines is 1. The van der Waals surface area contributed by atoms with Crippen molar-refractivity contribution in [2.75, 3.05) is 5.32 Å². The van der Waals surface area contributed by atoms with Gasteiger partial charge in [0.15, 0.2) is 5.82 Å². The lowest BCUT2D eigenvalue weighted by molar-refractivity contribution is 0.591. The number of imidazole rings is 1. The Morgan fingerprint density at radius 1 is 0.750 bits per heavy atom. The molecule has 5 nitrogen and oxygen atoms in total. The van der Waals surface area contributed by atoms with E-state index in [4.69, 9.17) is 4.98 Å². The molecule has 0 bridgehead atoms.